The van der Waals surface area contributed by atoms with Crippen molar-refractivity contribution >= 4 is 0 Å². The van der Waals surface area contributed by atoms with Gasteiger partial charge >= 0.3 is 0 Å². The molecule has 0 spiro atoms. The summed E-state index contributed by atoms with van der Waals surface area (Å²) in [4.78, 5) is 0. The van der Waals surface area contributed by atoms with Crippen LogP contribution in [0.1, 0.15) is 29.7 Å². The lowest BCUT2D eigenvalue weighted by atomic mass is 10.0. The summed E-state index contributed by atoms with van der Waals surface area (Å²) in [7, 11) is 0. The molecule has 0 aliphatic rings. The zero-order valence-electron chi connectivity index (χ0n) is 11.2. The van der Waals surface area contributed by atoms with Gasteiger partial charge in [0.15, 0.2) is 0 Å². The van der Waals surface area contributed by atoms with E-state index in [-0.39, 0.29) is 17.6 Å². The third-order valence-corrected chi connectivity index (χ3v) is 3.15. The van der Waals surface area contributed by atoms with Gasteiger partial charge < -0.3 is 10.4 Å². The monoisotopic (exact) mass is 259 g/mol. The van der Waals surface area contributed by atoms with E-state index in [1.165, 1.54) is 12.1 Å². The van der Waals surface area contributed by atoms with Gasteiger partial charge in [0.05, 0.1) is 0 Å². The van der Waals surface area contributed by atoms with Crippen molar-refractivity contribution in [1.29, 1.82) is 0 Å². The topological polar surface area (TPSA) is 32.3 Å². The minimum Gasteiger partial charge on any atom is -0.508 e. The molecule has 2 rings (SSSR count). The van der Waals surface area contributed by atoms with Gasteiger partial charge in [-0.1, -0.05) is 29.8 Å². The van der Waals surface area contributed by atoms with E-state index in [0.29, 0.717) is 6.54 Å². The molecule has 1 unspecified atom stereocenters. The normalized spacial score (nSPS) is 12.4. The number of benzene rings is 2. The number of phenolic OH excluding ortho intramolecular Hbond substituents is 1. The number of hydrogen-bond donors (Lipinski definition) is 2. The molecule has 2 nitrogen and oxygen atoms in total. The van der Waals surface area contributed by atoms with Gasteiger partial charge in [0.2, 0.25) is 0 Å². The highest BCUT2D eigenvalue weighted by atomic mass is 19.1. The van der Waals surface area contributed by atoms with Crippen LogP contribution in [0.3, 0.4) is 0 Å². The Morgan fingerprint density at radius 2 is 2.00 bits per heavy atom. The standard InChI is InChI=1S/C16H18FNO/c1-11-6-7-16(19)15(8-11)12(2)18-10-13-4-3-5-14(17)9-13/h3-9,12,18-19H,10H2,1-2H3. The predicted molar refractivity (Wildman–Crippen MR) is 74.5 cm³/mol. The number of aryl methyl sites for hydroxylation is 1. The number of hydrogen-bond acceptors (Lipinski definition) is 2. The van der Waals surface area contributed by atoms with Crippen molar-refractivity contribution in [1.82, 2.24) is 5.32 Å². The van der Waals surface area contributed by atoms with Gasteiger partial charge in [-0.05, 0) is 37.6 Å². The molecule has 100 valence electrons. The first kappa shape index (κ1) is 13.6. The molecule has 0 bridgehead atoms. The summed E-state index contributed by atoms with van der Waals surface area (Å²) >= 11 is 0. The molecule has 0 aromatic heterocycles. The fraction of sp³-hybridized carbons (Fsp3) is 0.250. The zero-order valence-corrected chi connectivity index (χ0v) is 11.2. The Hall–Kier alpha value is -1.87. The van der Waals surface area contributed by atoms with E-state index < -0.39 is 0 Å². The first-order valence-corrected chi connectivity index (χ1v) is 6.33. The Bertz CT molecular complexity index is 568. The van der Waals surface area contributed by atoms with E-state index in [4.69, 9.17) is 0 Å². The lowest BCUT2D eigenvalue weighted by molar-refractivity contribution is 0.452. The maximum absolute atomic E-state index is 13.1. The molecule has 0 amide bonds. The number of phenols is 1. The second-order valence-electron chi connectivity index (χ2n) is 4.79. The average molecular weight is 259 g/mol. The lowest BCUT2D eigenvalue weighted by Gasteiger charge is -2.16. The van der Waals surface area contributed by atoms with Gasteiger partial charge in [0.25, 0.3) is 0 Å². The molecule has 19 heavy (non-hydrogen) atoms. The van der Waals surface area contributed by atoms with Gasteiger partial charge in [0, 0.05) is 18.2 Å². The molecule has 0 saturated carbocycles. The van der Waals surface area contributed by atoms with E-state index in [2.05, 4.69) is 5.32 Å². The van der Waals surface area contributed by atoms with Crippen molar-refractivity contribution in [2.24, 2.45) is 0 Å². The maximum Gasteiger partial charge on any atom is 0.123 e. The second kappa shape index (κ2) is 5.85. The van der Waals surface area contributed by atoms with E-state index >= 15 is 0 Å². The molecule has 0 saturated heterocycles. The molecule has 0 radical (unpaired) electrons. The van der Waals surface area contributed by atoms with Crippen LogP contribution in [-0.4, -0.2) is 5.11 Å². The molecule has 3 heteroatoms. The van der Waals surface area contributed by atoms with Gasteiger partial charge in [-0.15, -0.1) is 0 Å². The van der Waals surface area contributed by atoms with Crippen LogP contribution in [0.4, 0.5) is 4.39 Å². The highest BCUT2D eigenvalue weighted by Gasteiger charge is 2.10. The van der Waals surface area contributed by atoms with Crippen LogP contribution < -0.4 is 5.32 Å². The summed E-state index contributed by atoms with van der Waals surface area (Å²) in [6.07, 6.45) is 0. The summed E-state index contributed by atoms with van der Waals surface area (Å²) < 4.78 is 13.1. The van der Waals surface area contributed by atoms with Gasteiger partial charge in [-0.25, -0.2) is 4.39 Å². The minimum atomic E-state index is -0.231. The number of aromatic hydroxyl groups is 1. The van der Waals surface area contributed by atoms with Crippen LogP contribution >= 0.6 is 0 Å². The molecule has 0 fully saturated rings. The van der Waals surface area contributed by atoms with Crippen molar-refractivity contribution in [3.8, 4) is 5.75 Å². The second-order valence-corrected chi connectivity index (χ2v) is 4.79. The molecule has 2 N–H and O–H groups in total. The van der Waals surface area contributed by atoms with Crippen LogP contribution in [0.25, 0.3) is 0 Å². The smallest absolute Gasteiger partial charge is 0.123 e. The first-order chi connectivity index (χ1) is 9.06. The summed E-state index contributed by atoms with van der Waals surface area (Å²) in [5.74, 6) is 0.0511. The van der Waals surface area contributed by atoms with Crippen molar-refractivity contribution in [2.45, 2.75) is 26.4 Å². The number of halogens is 1. The van der Waals surface area contributed by atoms with Crippen LogP contribution in [-0.2, 0) is 6.54 Å². The fourth-order valence-electron chi connectivity index (χ4n) is 2.05. The third-order valence-electron chi connectivity index (χ3n) is 3.15. The number of rotatable bonds is 4. The molecule has 1 atom stereocenters. The van der Waals surface area contributed by atoms with E-state index in [1.807, 2.05) is 32.0 Å². The molecule has 0 heterocycles. The molecule has 0 aliphatic carbocycles. The quantitative estimate of drug-likeness (QED) is 0.877. The van der Waals surface area contributed by atoms with Gasteiger partial charge in [-0.2, -0.15) is 0 Å². The summed E-state index contributed by atoms with van der Waals surface area (Å²) in [5.41, 5.74) is 2.85. The lowest BCUT2D eigenvalue weighted by Crippen LogP contribution is -2.18. The van der Waals surface area contributed by atoms with Crippen molar-refractivity contribution in [3.05, 3.63) is 65.0 Å². The Kier molecular flexibility index (Phi) is 4.17. The Morgan fingerprint density at radius 1 is 1.21 bits per heavy atom. The Balaban J connectivity index is 2.05. The van der Waals surface area contributed by atoms with E-state index in [1.54, 1.807) is 12.1 Å². The molecule has 0 aliphatic heterocycles. The van der Waals surface area contributed by atoms with Crippen LogP contribution in [0.2, 0.25) is 0 Å². The van der Waals surface area contributed by atoms with Gasteiger partial charge in [0.1, 0.15) is 11.6 Å². The summed E-state index contributed by atoms with van der Waals surface area (Å²) in [6, 6.07) is 12.0. The van der Waals surface area contributed by atoms with Crippen LogP contribution in [0.5, 0.6) is 5.75 Å². The summed E-state index contributed by atoms with van der Waals surface area (Å²) in [5, 5.41) is 13.1. The van der Waals surface area contributed by atoms with Crippen LogP contribution in [0, 0.1) is 12.7 Å². The summed E-state index contributed by atoms with van der Waals surface area (Å²) in [6.45, 7) is 4.53. The molecule has 2 aromatic carbocycles. The minimum absolute atomic E-state index is 0.00293. The zero-order chi connectivity index (χ0) is 13.8. The van der Waals surface area contributed by atoms with Crippen molar-refractivity contribution in [2.75, 3.05) is 0 Å². The first-order valence-electron chi connectivity index (χ1n) is 6.33. The number of nitrogens with one attached hydrogen (secondary N) is 1. The SMILES string of the molecule is Cc1ccc(O)c(C(C)NCc2cccc(F)c2)c1. The van der Waals surface area contributed by atoms with E-state index in [9.17, 15) is 9.50 Å². The fourth-order valence-corrected chi connectivity index (χ4v) is 2.05. The average Bonchev–Trinajstić information content (AvgIpc) is 2.39. The molecular weight excluding hydrogens is 241 g/mol. The Labute approximate surface area is 112 Å². The molecular formula is C16H18FNO. The van der Waals surface area contributed by atoms with Crippen LogP contribution in [0.15, 0.2) is 42.5 Å². The largest absolute Gasteiger partial charge is 0.508 e. The highest BCUT2D eigenvalue weighted by Crippen LogP contribution is 2.25. The van der Waals surface area contributed by atoms with E-state index in [0.717, 1.165) is 16.7 Å². The van der Waals surface area contributed by atoms with Crippen molar-refractivity contribution in [3.63, 3.8) is 0 Å². The molecule has 2 aromatic rings. The highest BCUT2D eigenvalue weighted by molar-refractivity contribution is 5.37. The predicted octanol–water partition coefficient (Wildman–Crippen LogP) is 3.69. The Morgan fingerprint density at radius 3 is 2.74 bits per heavy atom. The van der Waals surface area contributed by atoms with Gasteiger partial charge in [-0.3, -0.25) is 0 Å². The third kappa shape index (κ3) is 3.55. The van der Waals surface area contributed by atoms with Crippen molar-refractivity contribution < 1.29 is 9.50 Å². The maximum atomic E-state index is 13.1.